The van der Waals surface area contributed by atoms with Gasteiger partial charge < -0.3 is 20.1 Å². The Morgan fingerprint density at radius 2 is 2.08 bits per heavy atom. The number of hydrogen-bond acceptors (Lipinski definition) is 5. The SMILES string of the molecule is CCNC(=NCc1csc(C(C)C)n1)NCCCOCCOC.I. The fourth-order valence-corrected chi connectivity index (χ4v) is 2.61. The number of aromatic nitrogens is 1. The molecule has 24 heavy (non-hydrogen) atoms. The quantitative estimate of drug-likeness (QED) is 0.225. The molecule has 2 N–H and O–H groups in total. The van der Waals surface area contributed by atoms with E-state index in [0.29, 0.717) is 25.7 Å². The monoisotopic (exact) mass is 470 g/mol. The van der Waals surface area contributed by atoms with E-state index < -0.39 is 0 Å². The summed E-state index contributed by atoms with van der Waals surface area (Å²) >= 11 is 1.71. The predicted molar refractivity (Wildman–Crippen MR) is 112 cm³/mol. The maximum Gasteiger partial charge on any atom is 0.191 e. The molecule has 140 valence electrons. The van der Waals surface area contributed by atoms with E-state index in [4.69, 9.17) is 9.47 Å². The molecule has 0 aromatic carbocycles. The molecular weight excluding hydrogens is 439 g/mol. The number of nitrogens with zero attached hydrogens (tertiary/aromatic N) is 2. The van der Waals surface area contributed by atoms with Crippen LogP contribution in [0.1, 0.15) is 43.8 Å². The van der Waals surface area contributed by atoms with Gasteiger partial charge in [0.1, 0.15) is 0 Å². The van der Waals surface area contributed by atoms with Crippen LogP contribution in [0.5, 0.6) is 0 Å². The van der Waals surface area contributed by atoms with E-state index in [1.807, 2.05) is 0 Å². The highest BCUT2D eigenvalue weighted by Gasteiger charge is 2.05. The molecule has 0 radical (unpaired) electrons. The van der Waals surface area contributed by atoms with Crippen molar-refractivity contribution in [2.45, 2.75) is 39.7 Å². The van der Waals surface area contributed by atoms with E-state index in [1.165, 1.54) is 5.01 Å². The third-order valence-corrected chi connectivity index (χ3v) is 4.19. The Balaban J connectivity index is 0.00000529. The molecule has 1 aromatic heterocycles. The van der Waals surface area contributed by atoms with Crippen LogP contribution in [-0.4, -0.2) is 51.0 Å². The van der Waals surface area contributed by atoms with Crippen LogP contribution in [0.15, 0.2) is 10.4 Å². The molecule has 0 unspecified atom stereocenters. The second-order valence-corrected chi connectivity index (χ2v) is 6.30. The molecule has 0 aliphatic rings. The Morgan fingerprint density at radius 1 is 1.29 bits per heavy atom. The van der Waals surface area contributed by atoms with Gasteiger partial charge in [0, 0.05) is 38.1 Å². The van der Waals surface area contributed by atoms with Crippen LogP contribution in [0.3, 0.4) is 0 Å². The molecule has 0 saturated carbocycles. The summed E-state index contributed by atoms with van der Waals surface area (Å²) in [5.74, 6) is 1.30. The Kier molecular flexibility index (Phi) is 14.6. The number of guanidine groups is 1. The average Bonchev–Trinajstić information content (AvgIpc) is 3.01. The molecule has 1 heterocycles. The van der Waals surface area contributed by atoms with Crippen molar-refractivity contribution in [3.63, 3.8) is 0 Å². The highest BCUT2D eigenvalue weighted by molar-refractivity contribution is 14.0. The molecule has 0 fully saturated rings. The molecule has 0 saturated heterocycles. The lowest BCUT2D eigenvalue weighted by molar-refractivity contribution is 0.0698. The van der Waals surface area contributed by atoms with Crippen LogP contribution in [0.25, 0.3) is 0 Å². The number of aliphatic imine (C=N–C) groups is 1. The van der Waals surface area contributed by atoms with Crippen molar-refractivity contribution in [3.8, 4) is 0 Å². The van der Waals surface area contributed by atoms with Crippen molar-refractivity contribution in [2.24, 2.45) is 4.99 Å². The Bertz CT molecular complexity index is 455. The number of methoxy groups -OCH3 is 1. The van der Waals surface area contributed by atoms with E-state index in [2.05, 4.69) is 46.8 Å². The van der Waals surface area contributed by atoms with Gasteiger partial charge in [-0.15, -0.1) is 35.3 Å². The second-order valence-electron chi connectivity index (χ2n) is 5.41. The fourth-order valence-electron chi connectivity index (χ4n) is 1.79. The summed E-state index contributed by atoms with van der Waals surface area (Å²) in [4.78, 5) is 9.19. The third kappa shape index (κ3) is 10.4. The summed E-state index contributed by atoms with van der Waals surface area (Å²) < 4.78 is 10.4. The fraction of sp³-hybridized carbons (Fsp3) is 0.750. The molecule has 1 aromatic rings. The summed E-state index contributed by atoms with van der Waals surface area (Å²) in [7, 11) is 1.68. The first-order chi connectivity index (χ1) is 11.2. The van der Waals surface area contributed by atoms with Gasteiger partial charge in [0.15, 0.2) is 5.96 Å². The van der Waals surface area contributed by atoms with Crippen LogP contribution in [0.2, 0.25) is 0 Å². The molecule has 0 amide bonds. The summed E-state index contributed by atoms with van der Waals surface area (Å²) in [6, 6.07) is 0. The van der Waals surface area contributed by atoms with Crippen molar-refractivity contribution < 1.29 is 9.47 Å². The van der Waals surface area contributed by atoms with Gasteiger partial charge in [-0.2, -0.15) is 0 Å². The summed E-state index contributed by atoms with van der Waals surface area (Å²) in [6.07, 6.45) is 0.933. The van der Waals surface area contributed by atoms with Gasteiger partial charge in [-0.1, -0.05) is 13.8 Å². The number of rotatable bonds is 11. The minimum Gasteiger partial charge on any atom is -0.382 e. The molecule has 0 atom stereocenters. The van der Waals surface area contributed by atoms with Crippen LogP contribution >= 0.6 is 35.3 Å². The van der Waals surface area contributed by atoms with Gasteiger partial charge >= 0.3 is 0 Å². The van der Waals surface area contributed by atoms with E-state index in [0.717, 1.165) is 37.8 Å². The second kappa shape index (κ2) is 14.9. The molecule has 8 heteroatoms. The van der Waals surface area contributed by atoms with Crippen molar-refractivity contribution in [1.29, 1.82) is 0 Å². The lowest BCUT2D eigenvalue weighted by atomic mass is 10.2. The van der Waals surface area contributed by atoms with Crippen LogP contribution in [-0.2, 0) is 16.0 Å². The van der Waals surface area contributed by atoms with Gasteiger partial charge in [0.25, 0.3) is 0 Å². The van der Waals surface area contributed by atoms with E-state index in [1.54, 1.807) is 18.4 Å². The number of nitrogens with one attached hydrogen (secondary N) is 2. The molecule has 0 spiro atoms. The first kappa shape index (κ1) is 23.5. The zero-order valence-corrected chi connectivity index (χ0v) is 18.3. The van der Waals surface area contributed by atoms with Gasteiger partial charge in [-0.05, 0) is 13.3 Å². The molecule has 1 rings (SSSR count). The number of ether oxygens (including phenoxy) is 2. The van der Waals surface area contributed by atoms with E-state index in [9.17, 15) is 0 Å². The minimum atomic E-state index is 0. The summed E-state index contributed by atoms with van der Waals surface area (Å²) in [6.45, 7) is 10.7. The zero-order chi connectivity index (χ0) is 16.9. The molecule has 0 bridgehead atoms. The van der Waals surface area contributed by atoms with Gasteiger partial charge in [0.05, 0.1) is 30.5 Å². The van der Waals surface area contributed by atoms with Crippen molar-refractivity contribution in [3.05, 3.63) is 16.1 Å². The third-order valence-electron chi connectivity index (χ3n) is 3.00. The van der Waals surface area contributed by atoms with E-state index in [-0.39, 0.29) is 24.0 Å². The molecule has 6 nitrogen and oxygen atoms in total. The minimum absolute atomic E-state index is 0. The Hall–Kier alpha value is -0.450. The smallest absolute Gasteiger partial charge is 0.191 e. The molecule has 0 aliphatic carbocycles. The topological polar surface area (TPSA) is 67.8 Å². The van der Waals surface area contributed by atoms with Crippen molar-refractivity contribution >= 4 is 41.3 Å². The van der Waals surface area contributed by atoms with Crippen molar-refractivity contribution in [1.82, 2.24) is 15.6 Å². The summed E-state index contributed by atoms with van der Waals surface area (Å²) in [5, 5.41) is 9.82. The van der Waals surface area contributed by atoms with Crippen LogP contribution in [0, 0.1) is 0 Å². The largest absolute Gasteiger partial charge is 0.382 e. The molecular formula is C16H31IN4O2S. The highest BCUT2D eigenvalue weighted by Crippen LogP contribution is 2.19. The van der Waals surface area contributed by atoms with Gasteiger partial charge in [-0.3, -0.25) is 0 Å². The van der Waals surface area contributed by atoms with E-state index >= 15 is 0 Å². The predicted octanol–water partition coefficient (Wildman–Crippen LogP) is 2.99. The molecule has 0 aliphatic heterocycles. The van der Waals surface area contributed by atoms with Crippen LogP contribution in [0.4, 0.5) is 0 Å². The highest BCUT2D eigenvalue weighted by atomic mass is 127. The lowest BCUT2D eigenvalue weighted by Gasteiger charge is -2.11. The lowest BCUT2D eigenvalue weighted by Crippen LogP contribution is -2.38. The number of thiazole rings is 1. The standard InChI is InChI=1S/C16H30N4O2S.HI/c1-5-17-16(18-7-6-8-22-10-9-21-4)19-11-14-12-23-15(20-14)13(2)3;/h12-13H,5-11H2,1-4H3,(H2,17,18,19);1H. The van der Waals surface area contributed by atoms with Crippen molar-refractivity contribution in [2.75, 3.05) is 40.0 Å². The Labute approximate surface area is 166 Å². The normalized spacial score (nSPS) is 11.5. The maximum atomic E-state index is 5.44. The number of halogens is 1. The zero-order valence-electron chi connectivity index (χ0n) is 15.1. The summed E-state index contributed by atoms with van der Waals surface area (Å²) in [5.41, 5.74) is 1.03. The first-order valence-electron chi connectivity index (χ1n) is 8.20. The maximum absolute atomic E-state index is 5.44. The first-order valence-corrected chi connectivity index (χ1v) is 9.08. The Morgan fingerprint density at radius 3 is 2.71 bits per heavy atom. The van der Waals surface area contributed by atoms with Gasteiger partial charge in [0.2, 0.25) is 0 Å². The average molecular weight is 470 g/mol. The van der Waals surface area contributed by atoms with Crippen LogP contribution < -0.4 is 10.6 Å². The number of hydrogen-bond donors (Lipinski definition) is 2. The van der Waals surface area contributed by atoms with Gasteiger partial charge in [-0.25, -0.2) is 9.98 Å².